The van der Waals surface area contributed by atoms with Gasteiger partial charge in [0.25, 0.3) is 0 Å². The standard InChI is InChI=1S/C16H20N2O2S/c19-9-13-10-21-15(18-13)8-17-16(11-20)7-3-5-12-4-1-2-6-14(12)16/h1-2,4,6,10,17,19-20H,3,5,7-9,11H2. The fourth-order valence-electron chi connectivity index (χ4n) is 3.07. The summed E-state index contributed by atoms with van der Waals surface area (Å²) in [7, 11) is 0. The summed E-state index contributed by atoms with van der Waals surface area (Å²) < 4.78 is 0. The number of hydrogen-bond acceptors (Lipinski definition) is 5. The first kappa shape index (κ1) is 14.7. The van der Waals surface area contributed by atoms with Crippen LogP contribution in [0.4, 0.5) is 0 Å². The number of aliphatic hydroxyl groups is 2. The number of aromatic nitrogens is 1. The summed E-state index contributed by atoms with van der Waals surface area (Å²) in [5, 5.41) is 25.4. The molecular weight excluding hydrogens is 284 g/mol. The second kappa shape index (κ2) is 6.23. The molecule has 0 bridgehead atoms. The highest BCUT2D eigenvalue weighted by atomic mass is 32.1. The second-order valence-electron chi connectivity index (χ2n) is 5.50. The molecule has 1 aromatic heterocycles. The lowest BCUT2D eigenvalue weighted by molar-refractivity contribution is 0.140. The normalized spacial score (nSPS) is 21.2. The van der Waals surface area contributed by atoms with Gasteiger partial charge in [0.05, 0.1) is 24.4 Å². The fourth-order valence-corrected chi connectivity index (χ4v) is 3.80. The Hall–Kier alpha value is -1.27. The quantitative estimate of drug-likeness (QED) is 0.790. The van der Waals surface area contributed by atoms with E-state index in [2.05, 4.69) is 28.5 Å². The Labute approximate surface area is 128 Å². The molecule has 4 nitrogen and oxygen atoms in total. The summed E-state index contributed by atoms with van der Waals surface area (Å²) in [6, 6.07) is 8.34. The lowest BCUT2D eigenvalue weighted by atomic mass is 9.77. The van der Waals surface area contributed by atoms with E-state index in [-0.39, 0.29) is 18.8 Å². The highest BCUT2D eigenvalue weighted by molar-refractivity contribution is 7.09. The molecule has 1 aliphatic rings. The average molecular weight is 304 g/mol. The van der Waals surface area contributed by atoms with Crippen molar-refractivity contribution in [3.8, 4) is 0 Å². The van der Waals surface area contributed by atoms with Crippen molar-refractivity contribution < 1.29 is 10.2 Å². The lowest BCUT2D eigenvalue weighted by Crippen LogP contribution is -2.47. The Morgan fingerprint density at radius 2 is 2.14 bits per heavy atom. The van der Waals surface area contributed by atoms with Gasteiger partial charge >= 0.3 is 0 Å². The van der Waals surface area contributed by atoms with Crippen LogP contribution < -0.4 is 5.32 Å². The van der Waals surface area contributed by atoms with Gasteiger partial charge in [-0.1, -0.05) is 24.3 Å². The van der Waals surface area contributed by atoms with Crippen LogP contribution in [0.2, 0.25) is 0 Å². The number of aryl methyl sites for hydroxylation is 1. The van der Waals surface area contributed by atoms with E-state index in [0.29, 0.717) is 12.2 Å². The molecule has 0 fully saturated rings. The van der Waals surface area contributed by atoms with Gasteiger partial charge in [0, 0.05) is 11.9 Å². The van der Waals surface area contributed by atoms with Crippen LogP contribution in [-0.4, -0.2) is 21.8 Å². The number of benzene rings is 1. The van der Waals surface area contributed by atoms with Gasteiger partial charge in [-0.25, -0.2) is 4.98 Å². The van der Waals surface area contributed by atoms with E-state index in [9.17, 15) is 5.11 Å². The molecule has 0 saturated carbocycles. The highest BCUT2D eigenvalue weighted by Gasteiger charge is 2.35. The van der Waals surface area contributed by atoms with Crippen molar-refractivity contribution in [3.63, 3.8) is 0 Å². The zero-order valence-corrected chi connectivity index (χ0v) is 12.7. The maximum atomic E-state index is 10.00. The molecular formula is C16H20N2O2S. The highest BCUT2D eigenvalue weighted by Crippen LogP contribution is 2.35. The Kier molecular flexibility index (Phi) is 4.35. The van der Waals surface area contributed by atoms with Gasteiger partial charge < -0.3 is 10.2 Å². The molecule has 0 aliphatic heterocycles. The van der Waals surface area contributed by atoms with Crippen molar-refractivity contribution in [3.05, 3.63) is 51.5 Å². The van der Waals surface area contributed by atoms with E-state index in [0.717, 1.165) is 24.3 Å². The fraction of sp³-hybridized carbons (Fsp3) is 0.438. The van der Waals surface area contributed by atoms with Crippen molar-refractivity contribution in [1.82, 2.24) is 10.3 Å². The Morgan fingerprint density at radius 1 is 1.29 bits per heavy atom. The summed E-state index contributed by atoms with van der Waals surface area (Å²) in [6.45, 7) is 0.673. The topological polar surface area (TPSA) is 65.4 Å². The molecule has 1 heterocycles. The lowest BCUT2D eigenvalue weighted by Gasteiger charge is -2.38. The summed E-state index contributed by atoms with van der Waals surface area (Å²) >= 11 is 1.54. The van der Waals surface area contributed by atoms with Gasteiger partial charge in [-0.05, 0) is 30.4 Å². The zero-order valence-electron chi connectivity index (χ0n) is 11.9. The van der Waals surface area contributed by atoms with Crippen LogP contribution in [-0.2, 0) is 25.1 Å². The van der Waals surface area contributed by atoms with Gasteiger partial charge in [0.2, 0.25) is 0 Å². The minimum Gasteiger partial charge on any atom is -0.394 e. The Bertz CT molecular complexity index is 614. The molecule has 3 N–H and O–H groups in total. The van der Waals surface area contributed by atoms with E-state index < -0.39 is 0 Å². The first-order valence-electron chi connectivity index (χ1n) is 7.26. The summed E-state index contributed by atoms with van der Waals surface area (Å²) in [5.41, 5.74) is 2.86. The molecule has 3 rings (SSSR count). The monoisotopic (exact) mass is 304 g/mol. The Morgan fingerprint density at radius 3 is 2.90 bits per heavy atom. The van der Waals surface area contributed by atoms with Crippen molar-refractivity contribution in [1.29, 1.82) is 0 Å². The molecule has 0 spiro atoms. The molecule has 1 aromatic carbocycles. The van der Waals surface area contributed by atoms with E-state index >= 15 is 0 Å². The van der Waals surface area contributed by atoms with Crippen LogP contribution in [0, 0.1) is 0 Å². The van der Waals surface area contributed by atoms with E-state index in [4.69, 9.17) is 5.11 Å². The molecule has 1 aliphatic carbocycles. The summed E-state index contributed by atoms with van der Waals surface area (Å²) in [4.78, 5) is 4.36. The molecule has 5 heteroatoms. The van der Waals surface area contributed by atoms with Crippen LogP contribution >= 0.6 is 11.3 Å². The number of aliphatic hydroxyl groups excluding tert-OH is 2. The maximum Gasteiger partial charge on any atom is 0.107 e. The first-order valence-corrected chi connectivity index (χ1v) is 8.14. The van der Waals surface area contributed by atoms with Gasteiger partial charge in [-0.15, -0.1) is 11.3 Å². The molecule has 0 saturated heterocycles. The van der Waals surface area contributed by atoms with E-state index in [1.807, 2.05) is 11.4 Å². The van der Waals surface area contributed by atoms with Gasteiger partial charge in [0.1, 0.15) is 5.01 Å². The van der Waals surface area contributed by atoms with Crippen LogP contribution in [0.15, 0.2) is 29.6 Å². The van der Waals surface area contributed by atoms with Crippen LogP contribution in [0.3, 0.4) is 0 Å². The largest absolute Gasteiger partial charge is 0.394 e. The number of rotatable bonds is 5. The number of thiazole rings is 1. The van der Waals surface area contributed by atoms with Crippen molar-refractivity contribution in [2.75, 3.05) is 6.61 Å². The number of fused-ring (bicyclic) bond motifs is 1. The summed E-state index contributed by atoms with van der Waals surface area (Å²) in [5.74, 6) is 0. The minimum absolute atomic E-state index is 0.0233. The third-order valence-electron chi connectivity index (χ3n) is 4.19. The molecule has 21 heavy (non-hydrogen) atoms. The smallest absolute Gasteiger partial charge is 0.107 e. The van der Waals surface area contributed by atoms with Crippen LogP contribution in [0.1, 0.15) is 34.7 Å². The van der Waals surface area contributed by atoms with Crippen molar-refractivity contribution in [2.45, 2.75) is 38.0 Å². The third kappa shape index (κ3) is 2.87. The molecule has 0 amide bonds. The Balaban J connectivity index is 1.81. The minimum atomic E-state index is -0.375. The average Bonchev–Trinajstić information content (AvgIpc) is 3.01. The number of nitrogens with zero attached hydrogens (tertiary/aromatic N) is 1. The van der Waals surface area contributed by atoms with Gasteiger partial charge in [0.15, 0.2) is 0 Å². The zero-order chi connectivity index (χ0) is 14.7. The van der Waals surface area contributed by atoms with Crippen molar-refractivity contribution >= 4 is 11.3 Å². The third-order valence-corrected chi connectivity index (χ3v) is 5.09. The van der Waals surface area contributed by atoms with E-state index in [1.165, 1.54) is 22.5 Å². The van der Waals surface area contributed by atoms with Crippen LogP contribution in [0.25, 0.3) is 0 Å². The SMILES string of the molecule is OCc1csc(CNC2(CO)CCCc3ccccc32)n1. The van der Waals surface area contributed by atoms with E-state index in [1.54, 1.807) is 0 Å². The predicted molar refractivity (Wildman–Crippen MR) is 83.0 cm³/mol. The van der Waals surface area contributed by atoms with Gasteiger partial charge in [-0.3, -0.25) is 5.32 Å². The molecule has 1 atom stereocenters. The maximum absolute atomic E-state index is 10.00. The molecule has 0 radical (unpaired) electrons. The first-order chi connectivity index (χ1) is 10.3. The van der Waals surface area contributed by atoms with Gasteiger partial charge in [-0.2, -0.15) is 0 Å². The van der Waals surface area contributed by atoms with Crippen LogP contribution in [0.5, 0.6) is 0 Å². The number of hydrogen-bond donors (Lipinski definition) is 3. The summed E-state index contributed by atoms with van der Waals surface area (Å²) in [6.07, 6.45) is 3.08. The predicted octanol–water partition coefficient (Wildman–Crippen LogP) is 1.95. The second-order valence-corrected chi connectivity index (χ2v) is 6.44. The number of nitrogens with one attached hydrogen (secondary N) is 1. The molecule has 112 valence electrons. The molecule has 2 aromatic rings. The van der Waals surface area contributed by atoms with Crippen molar-refractivity contribution in [2.24, 2.45) is 0 Å². The molecule has 1 unspecified atom stereocenters.